The molecule has 0 unspecified atom stereocenters. The van der Waals surface area contributed by atoms with Crippen molar-refractivity contribution < 1.29 is 23.0 Å². The van der Waals surface area contributed by atoms with Gasteiger partial charge in [-0.15, -0.1) is 0 Å². The van der Waals surface area contributed by atoms with Crippen LogP contribution in [-0.4, -0.2) is 30.6 Å². The second kappa shape index (κ2) is 6.92. The van der Waals surface area contributed by atoms with E-state index >= 15 is 0 Å². The van der Waals surface area contributed by atoms with Crippen molar-refractivity contribution in [1.29, 1.82) is 0 Å². The monoisotopic (exact) mass is 392 g/mol. The van der Waals surface area contributed by atoms with Crippen LogP contribution < -0.4 is 5.32 Å². The van der Waals surface area contributed by atoms with Crippen LogP contribution in [0.5, 0.6) is 0 Å². The molecule has 0 aliphatic carbocycles. The van der Waals surface area contributed by atoms with Gasteiger partial charge in [0, 0.05) is 21.5 Å². The number of hydrogen-bond donors (Lipinski definition) is 2. The molecule has 1 saturated heterocycles. The van der Waals surface area contributed by atoms with Crippen molar-refractivity contribution in [2.75, 3.05) is 19.8 Å². The topological polar surface area (TPSA) is 63.4 Å². The van der Waals surface area contributed by atoms with E-state index in [2.05, 4.69) is 10.3 Å². The molecular weight excluding hydrogens is 378 g/mol. The number of halogens is 3. The van der Waals surface area contributed by atoms with Crippen LogP contribution in [0.4, 0.5) is 8.78 Å². The number of amides is 1. The van der Waals surface area contributed by atoms with Crippen LogP contribution in [0.1, 0.15) is 16.1 Å². The van der Waals surface area contributed by atoms with Gasteiger partial charge in [0.25, 0.3) is 5.91 Å². The van der Waals surface area contributed by atoms with E-state index in [0.717, 1.165) is 23.0 Å². The zero-order valence-corrected chi connectivity index (χ0v) is 14.8. The average molecular weight is 393 g/mol. The number of hydrogen-bond acceptors (Lipinski definition) is 3. The lowest BCUT2D eigenvalue weighted by Crippen LogP contribution is -2.42. The number of carbonyl (C=O) groups is 1. The van der Waals surface area contributed by atoms with Crippen molar-refractivity contribution >= 4 is 28.4 Å². The van der Waals surface area contributed by atoms with Gasteiger partial charge < -0.3 is 19.8 Å². The van der Waals surface area contributed by atoms with Gasteiger partial charge in [-0.3, -0.25) is 4.79 Å². The maximum atomic E-state index is 13.6. The first kappa shape index (κ1) is 17.9. The summed E-state index contributed by atoms with van der Waals surface area (Å²) in [5, 5.41) is 4.09. The van der Waals surface area contributed by atoms with Crippen molar-refractivity contribution in [3.8, 4) is 0 Å². The zero-order valence-electron chi connectivity index (χ0n) is 14.0. The second-order valence-corrected chi connectivity index (χ2v) is 6.61. The second-order valence-electron chi connectivity index (χ2n) is 6.18. The van der Waals surface area contributed by atoms with Crippen LogP contribution in [-0.2, 0) is 15.3 Å². The first-order chi connectivity index (χ1) is 13.0. The molecule has 0 bridgehead atoms. The summed E-state index contributed by atoms with van der Waals surface area (Å²) in [6.07, 6.45) is 0. The quantitative estimate of drug-likeness (QED) is 0.711. The van der Waals surface area contributed by atoms with Gasteiger partial charge in [0.2, 0.25) is 5.79 Å². The van der Waals surface area contributed by atoms with E-state index in [9.17, 15) is 13.6 Å². The lowest BCUT2D eigenvalue weighted by molar-refractivity contribution is -0.160. The molecule has 1 aromatic heterocycles. The smallest absolute Gasteiger partial charge is 0.267 e. The minimum absolute atomic E-state index is 0.0625. The third-order valence-corrected chi connectivity index (χ3v) is 4.66. The first-order valence-electron chi connectivity index (χ1n) is 8.27. The van der Waals surface area contributed by atoms with Gasteiger partial charge in [0.05, 0.1) is 19.8 Å². The highest BCUT2D eigenvalue weighted by molar-refractivity contribution is 6.31. The molecule has 0 radical (unpaired) electrons. The van der Waals surface area contributed by atoms with Crippen LogP contribution in [0.25, 0.3) is 10.9 Å². The number of aromatic amines is 1. The summed E-state index contributed by atoms with van der Waals surface area (Å²) in [5.74, 6) is -3.72. The number of rotatable bonds is 4. The molecule has 0 saturated carbocycles. The summed E-state index contributed by atoms with van der Waals surface area (Å²) in [7, 11) is 0. The summed E-state index contributed by atoms with van der Waals surface area (Å²) in [6, 6.07) is 10.3. The van der Waals surface area contributed by atoms with E-state index in [-0.39, 0.29) is 25.7 Å². The van der Waals surface area contributed by atoms with E-state index in [1.807, 2.05) is 0 Å². The van der Waals surface area contributed by atoms with E-state index < -0.39 is 17.4 Å². The van der Waals surface area contributed by atoms with E-state index in [0.29, 0.717) is 16.3 Å². The Hall–Kier alpha value is -2.48. The Morgan fingerprint density at radius 3 is 2.63 bits per heavy atom. The van der Waals surface area contributed by atoms with Gasteiger partial charge in [-0.25, -0.2) is 8.78 Å². The van der Waals surface area contributed by atoms with Crippen molar-refractivity contribution in [3.63, 3.8) is 0 Å². The normalized spacial score (nSPS) is 16.0. The molecule has 1 amide bonds. The number of fused-ring (bicyclic) bond motifs is 1. The molecule has 2 heterocycles. The van der Waals surface area contributed by atoms with Crippen molar-refractivity contribution in [3.05, 3.63) is 70.4 Å². The molecule has 1 aliphatic rings. The molecule has 3 aromatic rings. The van der Waals surface area contributed by atoms with Crippen molar-refractivity contribution in [2.45, 2.75) is 5.79 Å². The molecule has 4 rings (SSSR count). The number of aromatic nitrogens is 1. The third-order valence-electron chi connectivity index (χ3n) is 4.42. The Bertz CT molecular complexity index is 1020. The van der Waals surface area contributed by atoms with Crippen LogP contribution in [0.15, 0.2) is 42.5 Å². The predicted molar refractivity (Wildman–Crippen MR) is 95.6 cm³/mol. The van der Waals surface area contributed by atoms with Gasteiger partial charge in [0.15, 0.2) is 11.6 Å². The first-order valence-corrected chi connectivity index (χ1v) is 8.65. The number of nitrogens with one attached hydrogen (secondary N) is 2. The lowest BCUT2D eigenvalue weighted by Gasteiger charge is -2.28. The minimum atomic E-state index is -1.36. The fourth-order valence-corrected chi connectivity index (χ4v) is 3.26. The summed E-state index contributed by atoms with van der Waals surface area (Å²) in [5.41, 5.74) is 1.40. The maximum Gasteiger partial charge on any atom is 0.267 e. The van der Waals surface area contributed by atoms with Gasteiger partial charge >= 0.3 is 0 Å². The number of benzene rings is 2. The number of H-pyrrole nitrogens is 1. The van der Waals surface area contributed by atoms with Crippen LogP contribution >= 0.6 is 11.6 Å². The molecule has 27 heavy (non-hydrogen) atoms. The van der Waals surface area contributed by atoms with E-state index in [4.69, 9.17) is 21.1 Å². The molecular formula is C19H15ClF2N2O3. The van der Waals surface area contributed by atoms with Crippen molar-refractivity contribution in [2.24, 2.45) is 0 Å². The van der Waals surface area contributed by atoms with Gasteiger partial charge in [-0.05, 0) is 36.4 Å². The van der Waals surface area contributed by atoms with Crippen LogP contribution in [0, 0.1) is 11.6 Å². The Morgan fingerprint density at radius 1 is 1.11 bits per heavy atom. The highest BCUT2D eigenvalue weighted by Gasteiger charge is 2.39. The number of ether oxygens (including phenoxy) is 2. The molecule has 0 spiro atoms. The fourth-order valence-electron chi connectivity index (χ4n) is 3.08. The Labute approximate surface area is 158 Å². The molecule has 1 aliphatic heterocycles. The van der Waals surface area contributed by atoms with Crippen LogP contribution in [0.2, 0.25) is 5.02 Å². The zero-order chi connectivity index (χ0) is 19.0. The molecule has 140 valence electrons. The number of carbonyl (C=O) groups excluding carboxylic acids is 1. The lowest BCUT2D eigenvalue weighted by atomic mass is 10.1. The minimum Gasteiger partial charge on any atom is -0.351 e. The van der Waals surface area contributed by atoms with Gasteiger partial charge in [-0.2, -0.15) is 0 Å². The Balaban J connectivity index is 1.55. The standard InChI is InChI=1S/C19H15ClF2N2O3/c20-13-2-4-16-11(7-13)8-17(24-16)18(25)23-10-19(26-5-6-27-19)12-1-3-14(21)15(22)9-12/h1-4,7-9,24H,5-6,10H2,(H,23,25). The van der Waals surface area contributed by atoms with E-state index in [1.165, 1.54) is 6.07 Å². The summed E-state index contributed by atoms with van der Waals surface area (Å²) >= 11 is 5.96. The predicted octanol–water partition coefficient (Wildman–Crippen LogP) is 3.73. The highest BCUT2D eigenvalue weighted by atomic mass is 35.5. The molecule has 5 nitrogen and oxygen atoms in total. The largest absolute Gasteiger partial charge is 0.351 e. The van der Waals surface area contributed by atoms with Gasteiger partial charge in [-0.1, -0.05) is 17.7 Å². The Morgan fingerprint density at radius 2 is 1.89 bits per heavy atom. The molecule has 0 atom stereocenters. The molecule has 1 fully saturated rings. The fraction of sp³-hybridized carbons (Fsp3) is 0.211. The summed E-state index contributed by atoms with van der Waals surface area (Å²) in [4.78, 5) is 15.5. The highest BCUT2D eigenvalue weighted by Crippen LogP contribution is 2.32. The molecule has 8 heteroatoms. The van der Waals surface area contributed by atoms with Crippen LogP contribution in [0.3, 0.4) is 0 Å². The summed E-state index contributed by atoms with van der Waals surface area (Å²) in [6.45, 7) is 0.493. The average Bonchev–Trinajstić information content (AvgIpc) is 3.29. The Kier molecular flexibility index (Phi) is 4.59. The maximum absolute atomic E-state index is 13.6. The SMILES string of the molecule is O=C(NCC1(c2ccc(F)c(F)c2)OCCO1)c1cc2cc(Cl)ccc2[nH]1. The molecule has 2 aromatic carbocycles. The van der Waals surface area contributed by atoms with Gasteiger partial charge in [0.1, 0.15) is 5.69 Å². The third kappa shape index (κ3) is 3.41. The summed E-state index contributed by atoms with van der Waals surface area (Å²) < 4.78 is 38.1. The molecule has 2 N–H and O–H groups in total. The van der Waals surface area contributed by atoms with Crippen molar-refractivity contribution in [1.82, 2.24) is 10.3 Å². The van der Waals surface area contributed by atoms with E-state index in [1.54, 1.807) is 24.3 Å².